The van der Waals surface area contributed by atoms with Crippen molar-refractivity contribution in [2.75, 3.05) is 26.4 Å². The van der Waals surface area contributed by atoms with Gasteiger partial charge in [0.05, 0.1) is 13.2 Å². The van der Waals surface area contributed by atoms with E-state index in [1.807, 2.05) is 0 Å². The van der Waals surface area contributed by atoms with Crippen LogP contribution in [0.2, 0.25) is 0 Å². The number of hydrogen-bond donors (Lipinski definition) is 0. The topological polar surface area (TPSA) is 88.1 Å². The van der Waals surface area contributed by atoms with Gasteiger partial charge in [-0.15, -0.1) is 9.05 Å². The van der Waals surface area contributed by atoms with Gasteiger partial charge in [-0.1, -0.05) is 13.2 Å². The molecule has 0 fully saturated rings. The Bertz CT molecular complexity index is 419. The summed E-state index contributed by atoms with van der Waals surface area (Å²) in [5.41, 5.74) is 0.717. The second kappa shape index (κ2) is 13.8. The zero-order valence-electron chi connectivity index (χ0n) is 14.4. The third-order valence-electron chi connectivity index (χ3n) is 2.63. The van der Waals surface area contributed by atoms with Gasteiger partial charge in [-0.3, -0.25) is 0 Å². The SMILES string of the molecule is C=C(C)C(=O)OCCCCO[P+](=O)OCCCCOC(=O)C(=C)C. The van der Waals surface area contributed by atoms with Gasteiger partial charge in [-0.2, -0.15) is 0 Å². The first-order valence-electron chi connectivity index (χ1n) is 7.73. The molecule has 0 N–H and O–H groups in total. The molecule has 0 aliphatic rings. The molecule has 0 heterocycles. The van der Waals surface area contributed by atoms with Crippen LogP contribution in [-0.4, -0.2) is 38.4 Å². The highest BCUT2D eigenvalue weighted by Crippen LogP contribution is 2.24. The van der Waals surface area contributed by atoms with E-state index in [9.17, 15) is 14.2 Å². The summed E-state index contributed by atoms with van der Waals surface area (Å²) in [6.07, 6.45) is 2.42. The quantitative estimate of drug-likeness (QED) is 0.202. The first-order chi connectivity index (χ1) is 11.3. The smallest absolute Gasteiger partial charge is 0.462 e. The number of unbranched alkanes of at least 4 members (excludes halogenated alkanes) is 2. The number of carbonyl (C=O) groups excluding carboxylic acids is 2. The molecule has 0 rings (SSSR count). The average Bonchev–Trinajstić information content (AvgIpc) is 2.53. The van der Waals surface area contributed by atoms with Gasteiger partial charge in [-0.25, -0.2) is 9.59 Å². The summed E-state index contributed by atoms with van der Waals surface area (Å²) < 4.78 is 31.2. The minimum Gasteiger partial charge on any atom is -0.462 e. The van der Waals surface area contributed by atoms with E-state index in [1.165, 1.54) is 0 Å². The Morgan fingerprint density at radius 2 is 1.08 bits per heavy atom. The van der Waals surface area contributed by atoms with Crippen molar-refractivity contribution in [1.29, 1.82) is 0 Å². The van der Waals surface area contributed by atoms with Crippen molar-refractivity contribution in [2.45, 2.75) is 39.5 Å². The molecule has 24 heavy (non-hydrogen) atoms. The molecule has 0 aromatic heterocycles. The highest BCUT2D eigenvalue weighted by atomic mass is 31.1. The molecule has 136 valence electrons. The van der Waals surface area contributed by atoms with Gasteiger partial charge in [0.15, 0.2) is 0 Å². The van der Waals surface area contributed by atoms with Crippen LogP contribution in [0.5, 0.6) is 0 Å². The maximum atomic E-state index is 11.4. The fraction of sp³-hybridized carbons (Fsp3) is 0.625. The van der Waals surface area contributed by atoms with Crippen molar-refractivity contribution in [3.8, 4) is 0 Å². The van der Waals surface area contributed by atoms with Crippen LogP contribution in [0.1, 0.15) is 39.5 Å². The number of rotatable bonds is 14. The maximum Gasteiger partial charge on any atom is 0.697 e. The van der Waals surface area contributed by atoms with E-state index in [-0.39, 0.29) is 26.4 Å². The molecule has 0 saturated carbocycles. The summed E-state index contributed by atoms with van der Waals surface area (Å²) in [5.74, 6) is -0.835. The van der Waals surface area contributed by atoms with Crippen LogP contribution in [0.4, 0.5) is 0 Å². The molecule has 0 aromatic carbocycles. The second-order valence-electron chi connectivity index (χ2n) is 5.14. The minimum absolute atomic E-state index is 0.260. The van der Waals surface area contributed by atoms with Gasteiger partial charge >= 0.3 is 20.2 Å². The Labute approximate surface area is 143 Å². The highest BCUT2D eigenvalue weighted by Gasteiger charge is 2.19. The fourth-order valence-electron chi connectivity index (χ4n) is 1.30. The lowest BCUT2D eigenvalue weighted by molar-refractivity contribution is -0.139. The Kier molecular flexibility index (Phi) is 12.9. The van der Waals surface area contributed by atoms with Crippen LogP contribution >= 0.6 is 8.25 Å². The number of esters is 2. The third kappa shape index (κ3) is 12.9. The maximum absolute atomic E-state index is 11.4. The van der Waals surface area contributed by atoms with Crippen LogP contribution in [0, 0.1) is 0 Å². The molecule has 0 aliphatic heterocycles. The third-order valence-corrected chi connectivity index (χ3v) is 3.42. The van der Waals surface area contributed by atoms with E-state index < -0.39 is 20.2 Å². The number of hydrogen-bond acceptors (Lipinski definition) is 7. The summed E-state index contributed by atoms with van der Waals surface area (Å²) in [6.45, 7) is 11.2. The lowest BCUT2D eigenvalue weighted by Crippen LogP contribution is -2.07. The van der Waals surface area contributed by atoms with Crippen LogP contribution in [-0.2, 0) is 32.7 Å². The van der Waals surface area contributed by atoms with Crippen molar-refractivity contribution in [3.05, 3.63) is 24.3 Å². The van der Waals surface area contributed by atoms with Gasteiger partial charge in [-0.05, 0) is 39.5 Å². The molecule has 8 heteroatoms. The largest absolute Gasteiger partial charge is 0.697 e. The zero-order valence-corrected chi connectivity index (χ0v) is 15.3. The Hall–Kier alpha value is -1.56. The van der Waals surface area contributed by atoms with Crippen molar-refractivity contribution >= 4 is 20.2 Å². The van der Waals surface area contributed by atoms with Crippen molar-refractivity contribution < 1.29 is 32.7 Å². The van der Waals surface area contributed by atoms with E-state index in [1.54, 1.807) is 13.8 Å². The zero-order chi connectivity index (χ0) is 18.4. The van der Waals surface area contributed by atoms with Crippen LogP contribution in [0.3, 0.4) is 0 Å². The summed E-state index contributed by atoms with van der Waals surface area (Å²) in [7, 11) is -2.16. The molecule has 0 aliphatic carbocycles. The molecular formula is C16H26O7P+. The standard InChI is InChI=1S/C16H26O7P/c1-13(2)15(17)20-9-5-7-11-22-24(19)23-12-8-6-10-21-16(18)14(3)4/h1,3,5-12H2,2,4H3/q+1. The monoisotopic (exact) mass is 361 g/mol. The summed E-state index contributed by atoms with van der Waals surface area (Å²) in [4.78, 5) is 22.2. The highest BCUT2D eigenvalue weighted by molar-refractivity contribution is 7.33. The van der Waals surface area contributed by atoms with Crippen LogP contribution in [0.15, 0.2) is 24.3 Å². The summed E-state index contributed by atoms with van der Waals surface area (Å²) >= 11 is 0. The molecule has 7 nitrogen and oxygen atoms in total. The molecule has 0 saturated heterocycles. The molecule has 0 unspecified atom stereocenters. The molecular weight excluding hydrogens is 335 g/mol. The molecule has 0 radical (unpaired) electrons. The normalized spacial score (nSPS) is 10.1. The predicted octanol–water partition coefficient (Wildman–Crippen LogP) is 3.48. The first-order valence-corrected chi connectivity index (χ1v) is 8.82. The van der Waals surface area contributed by atoms with E-state index in [4.69, 9.17) is 18.5 Å². The predicted molar refractivity (Wildman–Crippen MR) is 89.5 cm³/mol. The van der Waals surface area contributed by atoms with Crippen molar-refractivity contribution in [1.82, 2.24) is 0 Å². The van der Waals surface area contributed by atoms with Crippen LogP contribution in [0.25, 0.3) is 0 Å². The summed E-state index contributed by atoms with van der Waals surface area (Å²) in [6, 6.07) is 0. The fourth-order valence-corrected chi connectivity index (χ4v) is 1.93. The Balaban J connectivity index is 3.41. The summed E-state index contributed by atoms with van der Waals surface area (Å²) in [5, 5.41) is 0. The van der Waals surface area contributed by atoms with Crippen molar-refractivity contribution in [3.63, 3.8) is 0 Å². The number of ether oxygens (including phenoxy) is 2. The second-order valence-corrected chi connectivity index (χ2v) is 6.10. The first kappa shape index (κ1) is 22.4. The van der Waals surface area contributed by atoms with Gasteiger partial charge < -0.3 is 9.47 Å². The molecule has 0 spiro atoms. The van der Waals surface area contributed by atoms with Gasteiger partial charge in [0, 0.05) is 15.7 Å². The number of carbonyl (C=O) groups is 2. The van der Waals surface area contributed by atoms with Crippen molar-refractivity contribution in [2.24, 2.45) is 0 Å². The van der Waals surface area contributed by atoms with E-state index in [0.717, 1.165) is 0 Å². The molecule has 0 amide bonds. The Morgan fingerprint density at radius 3 is 1.42 bits per heavy atom. The van der Waals surface area contributed by atoms with Gasteiger partial charge in [0.2, 0.25) is 0 Å². The van der Waals surface area contributed by atoms with E-state index >= 15 is 0 Å². The van der Waals surface area contributed by atoms with Gasteiger partial charge in [0.25, 0.3) is 0 Å². The lowest BCUT2D eigenvalue weighted by Gasteiger charge is -2.02. The van der Waals surface area contributed by atoms with E-state index in [2.05, 4.69) is 13.2 Å². The molecule has 0 bridgehead atoms. The molecule has 0 atom stereocenters. The average molecular weight is 361 g/mol. The van der Waals surface area contributed by atoms with Crippen LogP contribution < -0.4 is 0 Å². The Morgan fingerprint density at radius 1 is 0.750 bits per heavy atom. The lowest BCUT2D eigenvalue weighted by atomic mass is 10.3. The van der Waals surface area contributed by atoms with E-state index in [0.29, 0.717) is 36.8 Å². The van der Waals surface area contributed by atoms with Gasteiger partial charge in [0.1, 0.15) is 13.2 Å². The minimum atomic E-state index is -2.16. The molecule has 0 aromatic rings.